The fraction of sp³-hybridized carbons (Fsp3) is 0.333. The molecular weight excluding hydrogens is 263 g/mol. The van der Waals surface area contributed by atoms with Gasteiger partial charge < -0.3 is 9.80 Å². The molecule has 0 N–H and O–H groups in total. The van der Waals surface area contributed by atoms with Gasteiger partial charge in [-0.1, -0.05) is 42.5 Å². The Hall–Kier alpha value is -1.87. The van der Waals surface area contributed by atoms with E-state index in [-0.39, 0.29) is 11.9 Å². The van der Waals surface area contributed by atoms with Gasteiger partial charge in [0, 0.05) is 7.05 Å². The van der Waals surface area contributed by atoms with Crippen LogP contribution < -0.4 is 4.90 Å². The topological polar surface area (TPSA) is 6.48 Å². The first-order valence-electron chi connectivity index (χ1n) is 7.26. The molecule has 0 saturated heterocycles. The van der Waals surface area contributed by atoms with Gasteiger partial charge in [0.1, 0.15) is 5.82 Å². The van der Waals surface area contributed by atoms with Gasteiger partial charge in [-0.2, -0.15) is 0 Å². The van der Waals surface area contributed by atoms with Gasteiger partial charge in [0.15, 0.2) is 0 Å². The molecule has 3 heteroatoms. The molecular formula is C18H23FN2. The molecule has 21 heavy (non-hydrogen) atoms. The Morgan fingerprint density at radius 3 is 2.14 bits per heavy atom. The quantitative estimate of drug-likeness (QED) is 0.793. The lowest BCUT2D eigenvalue weighted by atomic mass is 10.0. The molecule has 0 saturated carbocycles. The summed E-state index contributed by atoms with van der Waals surface area (Å²) in [5.74, 6) is -0.175. The van der Waals surface area contributed by atoms with Crippen LogP contribution in [0.1, 0.15) is 18.0 Å². The molecule has 2 aromatic rings. The van der Waals surface area contributed by atoms with Crippen LogP contribution in [0.2, 0.25) is 0 Å². The summed E-state index contributed by atoms with van der Waals surface area (Å²) in [6, 6.07) is 17.4. The molecule has 0 heterocycles. The van der Waals surface area contributed by atoms with Crippen molar-refractivity contribution in [2.45, 2.75) is 12.5 Å². The molecule has 0 aliphatic carbocycles. The number of anilines is 1. The molecule has 0 bridgehead atoms. The van der Waals surface area contributed by atoms with Crippen molar-refractivity contribution in [3.05, 3.63) is 66.0 Å². The van der Waals surface area contributed by atoms with Crippen molar-refractivity contribution in [2.24, 2.45) is 0 Å². The molecule has 0 radical (unpaired) electrons. The summed E-state index contributed by atoms with van der Waals surface area (Å²) in [5, 5.41) is 0. The Balaban J connectivity index is 2.28. The smallest absolute Gasteiger partial charge is 0.146 e. The van der Waals surface area contributed by atoms with Gasteiger partial charge in [-0.15, -0.1) is 0 Å². The second-order valence-electron chi connectivity index (χ2n) is 5.58. The van der Waals surface area contributed by atoms with Crippen LogP contribution in [-0.4, -0.2) is 32.6 Å². The number of halogens is 1. The van der Waals surface area contributed by atoms with Crippen molar-refractivity contribution in [3.8, 4) is 0 Å². The molecule has 1 unspecified atom stereocenters. The molecule has 0 amide bonds. The van der Waals surface area contributed by atoms with Crippen molar-refractivity contribution in [1.82, 2.24) is 4.90 Å². The highest BCUT2D eigenvalue weighted by molar-refractivity contribution is 5.49. The van der Waals surface area contributed by atoms with E-state index in [4.69, 9.17) is 0 Å². The summed E-state index contributed by atoms with van der Waals surface area (Å²) in [4.78, 5) is 4.19. The van der Waals surface area contributed by atoms with Crippen LogP contribution in [0.3, 0.4) is 0 Å². The van der Waals surface area contributed by atoms with E-state index in [0.717, 1.165) is 13.0 Å². The zero-order valence-corrected chi connectivity index (χ0v) is 13.0. The lowest BCUT2D eigenvalue weighted by Gasteiger charge is -2.31. The normalized spacial score (nSPS) is 12.4. The van der Waals surface area contributed by atoms with Crippen LogP contribution in [0, 0.1) is 5.82 Å². The molecule has 2 nitrogen and oxygen atoms in total. The monoisotopic (exact) mass is 286 g/mol. The van der Waals surface area contributed by atoms with Crippen LogP contribution in [0.15, 0.2) is 54.6 Å². The number of nitrogens with zero attached hydrogens (tertiary/aromatic N) is 2. The fourth-order valence-corrected chi connectivity index (χ4v) is 2.55. The van der Waals surface area contributed by atoms with E-state index >= 15 is 0 Å². The number of para-hydroxylation sites is 1. The summed E-state index contributed by atoms with van der Waals surface area (Å²) >= 11 is 0. The maximum atomic E-state index is 14.1. The Morgan fingerprint density at radius 2 is 1.52 bits per heavy atom. The van der Waals surface area contributed by atoms with Crippen LogP contribution in [0.25, 0.3) is 0 Å². The Morgan fingerprint density at radius 1 is 0.905 bits per heavy atom. The highest BCUT2D eigenvalue weighted by Crippen LogP contribution is 2.30. The van der Waals surface area contributed by atoms with Crippen LogP contribution in [0.4, 0.5) is 10.1 Å². The van der Waals surface area contributed by atoms with Crippen molar-refractivity contribution >= 4 is 5.69 Å². The predicted molar refractivity (Wildman–Crippen MR) is 87.2 cm³/mol. The fourth-order valence-electron chi connectivity index (χ4n) is 2.55. The van der Waals surface area contributed by atoms with E-state index in [0.29, 0.717) is 5.69 Å². The van der Waals surface area contributed by atoms with E-state index < -0.39 is 0 Å². The summed E-state index contributed by atoms with van der Waals surface area (Å²) in [5.41, 5.74) is 1.86. The average molecular weight is 286 g/mol. The third-order valence-corrected chi connectivity index (χ3v) is 3.73. The van der Waals surface area contributed by atoms with Gasteiger partial charge in [0.2, 0.25) is 0 Å². The van der Waals surface area contributed by atoms with Gasteiger partial charge in [-0.05, 0) is 44.8 Å². The maximum absolute atomic E-state index is 14.1. The molecule has 2 rings (SSSR count). The number of hydrogen-bond acceptors (Lipinski definition) is 2. The number of rotatable bonds is 6. The van der Waals surface area contributed by atoms with Gasteiger partial charge in [0.25, 0.3) is 0 Å². The standard InChI is InChI=1S/C18H23FN2/c1-20(2)14-13-17(15-9-5-4-6-10-15)21(3)18-12-8-7-11-16(18)19/h4-12,17H,13-14H2,1-3H3. The van der Waals surface area contributed by atoms with Crippen LogP contribution >= 0.6 is 0 Å². The largest absolute Gasteiger partial charge is 0.365 e. The molecule has 2 aromatic carbocycles. The van der Waals surface area contributed by atoms with E-state index in [2.05, 4.69) is 31.1 Å². The van der Waals surface area contributed by atoms with E-state index in [9.17, 15) is 4.39 Å². The summed E-state index contributed by atoms with van der Waals surface area (Å²) < 4.78 is 14.1. The minimum Gasteiger partial charge on any atom is -0.365 e. The SMILES string of the molecule is CN(C)CCC(c1ccccc1)N(C)c1ccccc1F. The first-order valence-corrected chi connectivity index (χ1v) is 7.26. The third-order valence-electron chi connectivity index (χ3n) is 3.73. The lowest BCUT2D eigenvalue weighted by molar-refractivity contribution is 0.378. The molecule has 0 aliphatic rings. The third kappa shape index (κ3) is 4.05. The molecule has 0 aromatic heterocycles. The Bertz CT molecular complexity index is 554. The molecule has 0 fully saturated rings. The maximum Gasteiger partial charge on any atom is 0.146 e. The minimum atomic E-state index is -0.175. The second-order valence-corrected chi connectivity index (χ2v) is 5.58. The molecule has 1 atom stereocenters. The molecule has 0 spiro atoms. The van der Waals surface area contributed by atoms with Crippen LogP contribution in [-0.2, 0) is 0 Å². The zero-order chi connectivity index (χ0) is 15.2. The van der Waals surface area contributed by atoms with Gasteiger partial charge >= 0.3 is 0 Å². The Kier molecular flexibility index (Phi) is 5.34. The highest BCUT2D eigenvalue weighted by atomic mass is 19.1. The van der Waals surface area contributed by atoms with Crippen molar-refractivity contribution in [3.63, 3.8) is 0 Å². The van der Waals surface area contributed by atoms with Crippen molar-refractivity contribution in [1.29, 1.82) is 0 Å². The van der Waals surface area contributed by atoms with Crippen molar-refractivity contribution in [2.75, 3.05) is 32.6 Å². The van der Waals surface area contributed by atoms with Gasteiger partial charge in [-0.3, -0.25) is 0 Å². The van der Waals surface area contributed by atoms with E-state index in [1.54, 1.807) is 6.07 Å². The number of hydrogen-bond donors (Lipinski definition) is 0. The summed E-state index contributed by atoms with van der Waals surface area (Å²) in [6.07, 6.45) is 0.946. The molecule has 112 valence electrons. The summed E-state index contributed by atoms with van der Waals surface area (Å²) in [6.45, 7) is 0.957. The van der Waals surface area contributed by atoms with Crippen molar-refractivity contribution < 1.29 is 4.39 Å². The van der Waals surface area contributed by atoms with Gasteiger partial charge in [-0.25, -0.2) is 4.39 Å². The van der Waals surface area contributed by atoms with E-state index in [1.807, 2.05) is 42.3 Å². The first kappa shape index (κ1) is 15.5. The minimum absolute atomic E-state index is 0.158. The first-order chi connectivity index (χ1) is 10.1. The Labute approximate surface area is 126 Å². The molecule has 0 aliphatic heterocycles. The second kappa shape index (κ2) is 7.23. The summed E-state index contributed by atoms with van der Waals surface area (Å²) in [7, 11) is 6.09. The predicted octanol–water partition coefficient (Wildman–Crippen LogP) is 3.95. The zero-order valence-electron chi connectivity index (χ0n) is 13.0. The van der Waals surface area contributed by atoms with Crippen LogP contribution in [0.5, 0.6) is 0 Å². The van der Waals surface area contributed by atoms with E-state index in [1.165, 1.54) is 11.6 Å². The highest BCUT2D eigenvalue weighted by Gasteiger charge is 2.19. The average Bonchev–Trinajstić information content (AvgIpc) is 2.48. The number of benzene rings is 2. The van der Waals surface area contributed by atoms with Gasteiger partial charge in [0.05, 0.1) is 11.7 Å². The lowest BCUT2D eigenvalue weighted by Crippen LogP contribution is -2.28.